The molecule has 1 heterocycles. The van der Waals surface area contributed by atoms with Crippen molar-refractivity contribution < 1.29 is 0 Å². The first-order valence-electron chi connectivity index (χ1n) is 5.47. The quantitative estimate of drug-likeness (QED) is 0.678. The number of aromatic amines is 1. The first-order chi connectivity index (χ1) is 8.84. The highest BCUT2D eigenvalue weighted by atomic mass is 16.1. The van der Waals surface area contributed by atoms with Gasteiger partial charge in [-0.3, -0.25) is 15.2 Å². The Morgan fingerprint density at radius 1 is 1.28 bits per heavy atom. The third-order valence-electron chi connectivity index (χ3n) is 2.16. The van der Waals surface area contributed by atoms with Crippen LogP contribution in [-0.2, 0) is 6.42 Å². The van der Waals surface area contributed by atoms with E-state index in [1.165, 1.54) is 5.56 Å². The van der Waals surface area contributed by atoms with Gasteiger partial charge in [-0.15, -0.1) is 10.2 Å². The Bertz CT molecular complexity index is 564. The lowest BCUT2D eigenvalue weighted by Crippen LogP contribution is -2.20. The lowest BCUT2D eigenvalue weighted by Gasteiger charge is -2.02. The highest BCUT2D eigenvalue weighted by Crippen LogP contribution is 1.99. The predicted octanol–water partition coefficient (Wildman–Crippen LogP) is 0.838. The number of H-pyrrole nitrogens is 1. The normalized spacial score (nSPS) is 10.4. The maximum absolute atomic E-state index is 10.9. The van der Waals surface area contributed by atoms with E-state index in [1.54, 1.807) is 6.20 Å². The molecule has 18 heavy (non-hydrogen) atoms. The van der Waals surface area contributed by atoms with E-state index >= 15 is 0 Å². The van der Waals surface area contributed by atoms with E-state index in [2.05, 4.69) is 38.2 Å². The fourth-order valence-electron chi connectivity index (χ4n) is 1.35. The SMILES string of the molecule is O=c1cnnc(NNC=CCc2ccccc2)[nH]1. The number of aromatic nitrogens is 3. The molecule has 1 aromatic heterocycles. The van der Waals surface area contributed by atoms with Crippen molar-refractivity contribution in [2.75, 3.05) is 5.43 Å². The Labute approximate surface area is 104 Å². The molecule has 0 aliphatic carbocycles. The Kier molecular flexibility index (Phi) is 4.07. The summed E-state index contributed by atoms with van der Waals surface area (Å²) in [4.78, 5) is 13.4. The second-order valence-corrected chi connectivity index (χ2v) is 3.54. The van der Waals surface area contributed by atoms with E-state index in [1.807, 2.05) is 24.3 Å². The van der Waals surface area contributed by atoms with Crippen LogP contribution in [0, 0.1) is 0 Å². The van der Waals surface area contributed by atoms with Gasteiger partial charge in [0, 0.05) is 6.20 Å². The molecule has 0 amide bonds. The van der Waals surface area contributed by atoms with Crippen LogP contribution >= 0.6 is 0 Å². The van der Waals surface area contributed by atoms with Crippen LogP contribution in [0.4, 0.5) is 5.95 Å². The lowest BCUT2D eigenvalue weighted by atomic mass is 10.1. The number of allylic oxidation sites excluding steroid dienone is 1. The largest absolute Gasteiger partial charge is 0.306 e. The van der Waals surface area contributed by atoms with E-state index in [0.29, 0.717) is 0 Å². The van der Waals surface area contributed by atoms with Crippen molar-refractivity contribution in [2.24, 2.45) is 0 Å². The molecule has 0 radical (unpaired) electrons. The molecule has 0 fully saturated rings. The fourth-order valence-corrected chi connectivity index (χ4v) is 1.35. The third kappa shape index (κ3) is 3.75. The van der Waals surface area contributed by atoms with Gasteiger partial charge in [-0.2, -0.15) is 0 Å². The summed E-state index contributed by atoms with van der Waals surface area (Å²) in [5, 5.41) is 7.19. The summed E-state index contributed by atoms with van der Waals surface area (Å²) in [6.07, 6.45) is 5.62. The Morgan fingerprint density at radius 2 is 2.11 bits per heavy atom. The molecule has 92 valence electrons. The molecule has 6 heteroatoms. The Morgan fingerprint density at radius 3 is 2.89 bits per heavy atom. The molecule has 0 atom stereocenters. The monoisotopic (exact) mass is 243 g/mol. The van der Waals surface area contributed by atoms with Gasteiger partial charge in [0.1, 0.15) is 6.20 Å². The van der Waals surface area contributed by atoms with Crippen LogP contribution in [0.2, 0.25) is 0 Å². The van der Waals surface area contributed by atoms with Crippen molar-refractivity contribution in [3.05, 3.63) is 64.7 Å². The van der Waals surface area contributed by atoms with Crippen molar-refractivity contribution in [2.45, 2.75) is 6.42 Å². The predicted molar refractivity (Wildman–Crippen MR) is 68.7 cm³/mol. The van der Waals surface area contributed by atoms with Gasteiger partial charge in [-0.1, -0.05) is 36.4 Å². The van der Waals surface area contributed by atoms with Gasteiger partial charge in [0.25, 0.3) is 5.56 Å². The second kappa shape index (κ2) is 6.19. The van der Waals surface area contributed by atoms with Crippen LogP contribution in [0.1, 0.15) is 5.56 Å². The molecule has 0 aliphatic heterocycles. The number of hydrogen-bond donors (Lipinski definition) is 3. The van der Waals surface area contributed by atoms with Gasteiger partial charge in [0.2, 0.25) is 5.95 Å². The minimum atomic E-state index is -0.303. The van der Waals surface area contributed by atoms with Crippen molar-refractivity contribution in [3.8, 4) is 0 Å². The highest BCUT2D eigenvalue weighted by Gasteiger charge is 1.91. The van der Waals surface area contributed by atoms with Crippen LogP contribution in [0.25, 0.3) is 0 Å². The zero-order valence-electron chi connectivity index (χ0n) is 9.63. The molecule has 2 aromatic rings. The van der Waals surface area contributed by atoms with E-state index in [4.69, 9.17) is 0 Å². The molecule has 0 spiro atoms. The van der Waals surface area contributed by atoms with Gasteiger partial charge in [-0.25, -0.2) is 0 Å². The van der Waals surface area contributed by atoms with Crippen LogP contribution < -0.4 is 16.4 Å². The van der Waals surface area contributed by atoms with Crippen molar-refractivity contribution in [1.29, 1.82) is 0 Å². The highest BCUT2D eigenvalue weighted by molar-refractivity contribution is 5.20. The number of anilines is 1. The molecule has 1 aromatic carbocycles. The van der Waals surface area contributed by atoms with Crippen LogP contribution in [0.3, 0.4) is 0 Å². The smallest absolute Gasteiger partial charge is 0.271 e. The van der Waals surface area contributed by atoms with E-state index in [0.717, 1.165) is 12.6 Å². The summed E-state index contributed by atoms with van der Waals surface area (Å²) in [7, 11) is 0. The number of hydrogen-bond acceptors (Lipinski definition) is 5. The standard InChI is InChI=1S/C12H13N5O/c18-11-9-14-17-12(15-11)16-13-8-4-7-10-5-2-1-3-6-10/h1-6,8-9,13H,7H2,(H2,15,16,17,18). The van der Waals surface area contributed by atoms with Gasteiger partial charge < -0.3 is 5.43 Å². The molecule has 2 rings (SSSR count). The zero-order valence-corrected chi connectivity index (χ0v) is 9.63. The first kappa shape index (κ1) is 11.8. The molecule has 0 saturated carbocycles. The molecular formula is C12H13N5O. The zero-order chi connectivity index (χ0) is 12.6. The summed E-state index contributed by atoms with van der Waals surface area (Å²) < 4.78 is 0. The van der Waals surface area contributed by atoms with Crippen molar-refractivity contribution in [1.82, 2.24) is 20.6 Å². The number of benzene rings is 1. The van der Waals surface area contributed by atoms with Crippen LogP contribution in [-0.4, -0.2) is 15.2 Å². The third-order valence-corrected chi connectivity index (χ3v) is 2.16. The van der Waals surface area contributed by atoms with Gasteiger partial charge in [0.05, 0.1) is 0 Å². The van der Waals surface area contributed by atoms with Crippen molar-refractivity contribution >= 4 is 5.95 Å². The van der Waals surface area contributed by atoms with Gasteiger partial charge >= 0.3 is 0 Å². The van der Waals surface area contributed by atoms with Crippen LogP contribution in [0.5, 0.6) is 0 Å². The average molecular weight is 243 g/mol. The van der Waals surface area contributed by atoms with Crippen LogP contribution in [0.15, 0.2) is 53.6 Å². The minimum absolute atomic E-state index is 0.270. The fraction of sp³-hybridized carbons (Fsp3) is 0.0833. The summed E-state index contributed by atoms with van der Waals surface area (Å²) in [6, 6.07) is 10.1. The second-order valence-electron chi connectivity index (χ2n) is 3.54. The number of rotatable bonds is 5. The summed E-state index contributed by atoms with van der Waals surface area (Å²) >= 11 is 0. The molecule has 6 nitrogen and oxygen atoms in total. The van der Waals surface area contributed by atoms with E-state index in [-0.39, 0.29) is 11.5 Å². The molecule has 3 N–H and O–H groups in total. The summed E-state index contributed by atoms with van der Waals surface area (Å²) in [6.45, 7) is 0. The number of hydrazine groups is 1. The summed E-state index contributed by atoms with van der Waals surface area (Å²) in [5.74, 6) is 0.270. The van der Waals surface area contributed by atoms with E-state index < -0.39 is 0 Å². The maximum Gasteiger partial charge on any atom is 0.271 e. The summed E-state index contributed by atoms with van der Waals surface area (Å²) in [5.41, 5.74) is 6.42. The lowest BCUT2D eigenvalue weighted by molar-refractivity contribution is 0.899. The molecular weight excluding hydrogens is 230 g/mol. The van der Waals surface area contributed by atoms with E-state index in [9.17, 15) is 4.79 Å². The maximum atomic E-state index is 10.9. The topological polar surface area (TPSA) is 82.7 Å². The van der Waals surface area contributed by atoms with Gasteiger partial charge in [-0.05, 0) is 12.0 Å². The number of nitrogens with one attached hydrogen (secondary N) is 3. The molecule has 0 saturated heterocycles. The van der Waals surface area contributed by atoms with Gasteiger partial charge in [0.15, 0.2) is 0 Å². The molecule has 0 unspecified atom stereocenters. The van der Waals surface area contributed by atoms with Crippen molar-refractivity contribution in [3.63, 3.8) is 0 Å². The minimum Gasteiger partial charge on any atom is -0.306 e. The Hall–Kier alpha value is -2.63. The number of nitrogens with zero attached hydrogens (tertiary/aromatic N) is 2. The Balaban J connectivity index is 1.77. The first-order valence-corrected chi connectivity index (χ1v) is 5.47. The molecule has 0 bridgehead atoms. The molecule has 0 aliphatic rings. The average Bonchev–Trinajstić information content (AvgIpc) is 2.40.